The summed E-state index contributed by atoms with van der Waals surface area (Å²) >= 11 is 5.93. The molecular formula is C18H21ClN2O5. The number of methoxy groups -OCH3 is 2. The smallest absolute Gasteiger partial charge is 0.276 e. The average molecular weight is 381 g/mol. The minimum absolute atomic E-state index is 0.130. The monoisotopic (exact) mass is 380 g/mol. The number of ether oxygens (including phenoxy) is 3. The molecule has 7 nitrogen and oxygen atoms in total. The van der Waals surface area contributed by atoms with Crippen LogP contribution in [0.15, 0.2) is 28.8 Å². The molecule has 1 amide bonds. The largest absolute Gasteiger partial charge is 0.493 e. The van der Waals surface area contributed by atoms with Gasteiger partial charge in [-0.2, -0.15) is 0 Å². The summed E-state index contributed by atoms with van der Waals surface area (Å²) in [5, 5.41) is 4.43. The maximum atomic E-state index is 12.5. The maximum absolute atomic E-state index is 12.5. The van der Waals surface area contributed by atoms with Crippen LogP contribution in [-0.4, -0.2) is 49.9 Å². The molecule has 1 aromatic carbocycles. The van der Waals surface area contributed by atoms with E-state index in [0.717, 1.165) is 6.42 Å². The Kier molecular flexibility index (Phi) is 6.00. The number of halogens is 1. The lowest BCUT2D eigenvalue weighted by Gasteiger charge is -2.14. The lowest BCUT2D eigenvalue weighted by Crippen LogP contribution is -2.29. The predicted molar refractivity (Wildman–Crippen MR) is 94.7 cm³/mol. The predicted octanol–water partition coefficient (Wildman–Crippen LogP) is 3.02. The second kappa shape index (κ2) is 8.42. The third kappa shape index (κ3) is 4.28. The van der Waals surface area contributed by atoms with Gasteiger partial charge in [-0.25, -0.2) is 0 Å². The molecule has 8 heteroatoms. The van der Waals surface area contributed by atoms with Crippen LogP contribution in [0.4, 0.5) is 0 Å². The van der Waals surface area contributed by atoms with Crippen molar-refractivity contribution in [1.82, 2.24) is 10.1 Å². The third-order valence-corrected chi connectivity index (χ3v) is 4.48. The Balaban J connectivity index is 1.59. The van der Waals surface area contributed by atoms with E-state index in [2.05, 4.69) is 5.16 Å². The van der Waals surface area contributed by atoms with Crippen molar-refractivity contribution >= 4 is 17.5 Å². The minimum atomic E-state index is -0.136. The molecule has 0 aliphatic carbocycles. The van der Waals surface area contributed by atoms with E-state index >= 15 is 0 Å². The highest BCUT2D eigenvalue weighted by Crippen LogP contribution is 2.30. The summed E-state index contributed by atoms with van der Waals surface area (Å²) < 4.78 is 21.3. The number of hydrogen-bond donors (Lipinski definition) is 0. The van der Waals surface area contributed by atoms with Crippen molar-refractivity contribution in [3.8, 4) is 11.5 Å². The van der Waals surface area contributed by atoms with Gasteiger partial charge in [-0.05, 0) is 18.6 Å². The van der Waals surface area contributed by atoms with Gasteiger partial charge < -0.3 is 23.6 Å². The Morgan fingerprint density at radius 1 is 1.35 bits per heavy atom. The summed E-state index contributed by atoms with van der Waals surface area (Å²) in [6.07, 6.45) is 0.934. The first-order chi connectivity index (χ1) is 12.6. The van der Waals surface area contributed by atoms with E-state index in [-0.39, 0.29) is 18.2 Å². The molecule has 0 spiro atoms. The van der Waals surface area contributed by atoms with E-state index in [9.17, 15) is 4.79 Å². The molecule has 1 saturated heterocycles. The van der Waals surface area contributed by atoms with E-state index in [0.29, 0.717) is 47.9 Å². The number of likely N-dealkylation sites (tertiary alicyclic amines) is 1. The van der Waals surface area contributed by atoms with Crippen molar-refractivity contribution in [3.05, 3.63) is 40.7 Å². The summed E-state index contributed by atoms with van der Waals surface area (Å²) in [4.78, 5) is 14.3. The van der Waals surface area contributed by atoms with Crippen LogP contribution in [0, 0.1) is 5.92 Å². The molecule has 26 heavy (non-hydrogen) atoms. The van der Waals surface area contributed by atoms with Gasteiger partial charge in [-0.3, -0.25) is 4.79 Å². The Morgan fingerprint density at radius 3 is 2.96 bits per heavy atom. The van der Waals surface area contributed by atoms with Crippen molar-refractivity contribution < 1.29 is 23.5 Å². The van der Waals surface area contributed by atoms with Gasteiger partial charge in [-0.1, -0.05) is 16.8 Å². The lowest BCUT2D eigenvalue weighted by atomic mass is 10.1. The summed E-state index contributed by atoms with van der Waals surface area (Å²) in [6, 6.07) is 6.69. The summed E-state index contributed by atoms with van der Waals surface area (Å²) in [6.45, 7) is 2.16. The molecule has 0 unspecified atom stereocenters. The molecule has 3 rings (SSSR count). The van der Waals surface area contributed by atoms with Crippen LogP contribution in [0.1, 0.15) is 22.7 Å². The normalized spacial score (nSPS) is 16.7. The van der Waals surface area contributed by atoms with Crippen molar-refractivity contribution in [1.29, 1.82) is 0 Å². The molecule has 2 heterocycles. The number of nitrogens with zero attached hydrogens (tertiary/aromatic N) is 2. The Labute approximate surface area is 156 Å². The molecule has 1 aliphatic rings. The van der Waals surface area contributed by atoms with E-state index < -0.39 is 0 Å². The fraction of sp³-hybridized carbons (Fsp3) is 0.444. The number of carbonyl (C=O) groups is 1. The Morgan fingerprint density at radius 2 is 2.19 bits per heavy atom. The number of amides is 1. The van der Waals surface area contributed by atoms with Gasteiger partial charge in [0.2, 0.25) is 0 Å². The third-order valence-electron chi connectivity index (χ3n) is 4.25. The molecule has 1 aliphatic heterocycles. The molecule has 0 bridgehead atoms. The number of aromatic nitrogens is 1. The van der Waals surface area contributed by atoms with Crippen LogP contribution in [-0.2, 0) is 11.3 Å². The van der Waals surface area contributed by atoms with E-state index in [1.54, 1.807) is 36.3 Å². The van der Waals surface area contributed by atoms with Crippen molar-refractivity contribution in [2.45, 2.75) is 13.0 Å². The van der Waals surface area contributed by atoms with Crippen LogP contribution in [0.25, 0.3) is 0 Å². The highest BCUT2D eigenvalue weighted by Gasteiger charge is 2.28. The zero-order valence-electron chi connectivity index (χ0n) is 14.7. The quantitative estimate of drug-likeness (QED) is 0.735. The Hall–Kier alpha value is -2.25. The van der Waals surface area contributed by atoms with Gasteiger partial charge in [0.05, 0.1) is 13.7 Å². The summed E-state index contributed by atoms with van der Waals surface area (Å²) in [5.41, 5.74) is 0.282. The molecule has 140 valence electrons. The fourth-order valence-electron chi connectivity index (χ4n) is 2.94. The molecule has 2 aromatic rings. The topological polar surface area (TPSA) is 74.0 Å². The first kappa shape index (κ1) is 18.5. The average Bonchev–Trinajstić information content (AvgIpc) is 3.30. The molecule has 1 atom stereocenters. The standard InChI is InChI=1S/C18H21ClN2O5/c1-23-10-12-5-6-21(9-12)18(22)15-8-14(26-20-15)11-25-16-4-3-13(19)7-17(16)24-2/h3-4,7-8,12H,5-6,9-11H2,1-2H3/t12-/m0/s1. The van der Waals surface area contributed by atoms with Gasteiger partial charge in [0.15, 0.2) is 23.0 Å². The van der Waals surface area contributed by atoms with Gasteiger partial charge in [0, 0.05) is 43.3 Å². The summed E-state index contributed by atoms with van der Waals surface area (Å²) in [5.74, 6) is 1.74. The van der Waals surface area contributed by atoms with Crippen molar-refractivity contribution in [2.75, 3.05) is 33.9 Å². The highest BCUT2D eigenvalue weighted by molar-refractivity contribution is 6.30. The molecule has 0 saturated carbocycles. The number of rotatable bonds is 7. The second-order valence-corrected chi connectivity index (χ2v) is 6.56. The van der Waals surface area contributed by atoms with Crippen LogP contribution in [0.5, 0.6) is 11.5 Å². The number of hydrogen-bond acceptors (Lipinski definition) is 6. The van der Waals surface area contributed by atoms with E-state index in [1.807, 2.05) is 0 Å². The molecule has 1 fully saturated rings. The van der Waals surface area contributed by atoms with E-state index in [4.69, 9.17) is 30.3 Å². The minimum Gasteiger partial charge on any atom is -0.493 e. The fourth-order valence-corrected chi connectivity index (χ4v) is 3.10. The van der Waals surface area contributed by atoms with Crippen molar-refractivity contribution in [3.63, 3.8) is 0 Å². The molecule has 1 aromatic heterocycles. The van der Waals surface area contributed by atoms with Gasteiger partial charge >= 0.3 is 0 Å². The molecular weight excluding hydrogens is 360 g/mol. The zero-order chi connectivity index (χ0) is 18.5. The summed E-state index contributed by atoms with van der Waals surface area (Å²) in [7, 11) is 3.21. The van der Waals surface area contributed by atoms with Gasteiger partial charge in [0.25, 0.3) is 5.91 Å². The van der Waals surface area contributed by atoms with Crippen LogP contribution < -0.4 is 9.47 Å². The number of carbonyl (C=O) groups excluding carboxylic acids is 1. The van der Waals surface area contributed by atoms with Crippen LogP contribution in [0.2, 0.25) is 5.02 Å². The van der Waals surface area contributed by atoms with Crippen LogP contribution in [0.3, 0.4) is 0 Å². The van der Waals surface area contributed by atoms with Gasteiger partial charge in [-0.15, -0.1) is 0 Å². The van der Waals surface area contributed by atoms with Crippen LogP contribution >= 0.6 is 11.6 Å². The van der Waals surface area contributed by atoms with E-state index in [1.165, 1.54) is 7.11 Å². The Bertz CT molecular complexity index is 764. The lowest BCUT2D eigenvalue weighted by molar-refractivity contribution is 0.0765. The SMILES string of the molecule is COC[C@H]1CCN(C(=O)c2cc(COc3ccc(Cl)cc3OC)on2)C1. The van der Waals surface area contributed by atoms with Gasteiger partial charge in [0.1, 0.15) is 6.61 Å². The van der Waals surface area contributed by atoms with Crippen molar-refractivity contribution in [2.24, 2.45) is 5.92 Å². The number of benzene rings is 1. The second-order valence-electron chi connectivity index (χ2n) is 6.12. The molecule has 0 N–H and O–H groups in total. The zero-order valence-corrected chi connectivity index (χ0v) is 15.5. The first-order valence-electron chi connectivity index (χ1n) is 8.31. The maximum Gasteiger partial charge on any atom is 0.276 e. The molecule has 0 radical (unpaired) electrons. The first-order valence-corrected chi connectivity index (χ1v) is 8.68. The highest BCUT2D eigenvalue weighted by atomic mass is 35.5.